The second-order valence-corrected chi connectivity index (χ2v) is 3.67. The quantitative estimate of drug-likeness (QED) is 0.638. The van der Waals surface area contributed by atoms with Crippen LogP contribution in [0.2, 0.25) is 0 Å². The number of Topliss-reactive ketones (excluding diaryl/α,β-unsaturated/α-hetero) is 1. The molecule has 0 aromatic heterocycles. The Hall–Kier alpha value is -1.00. The molecule has 0 radical (unpaired) electrons. The predicted octanol–water partition coefficient (Wildman–Crippen LogP) is -0.312. The topological polar surface area (TPSA) is 74.6 Å². The van der Waals surface area contributed by atoms with Gasteiger partial charge in [-0.25, -0.2) is 0 Å². The fourth-order valence-electron chi connectivity index (χ4n) is 1.62. The molecular weight excluding hydrogens is 184 g/mol. The zero-order valence-corrected chi connectivity index (χ0v) is 8.18. The van der Waals surface area contributed by atoms with E-state index >= 15 is 0 Å². The largest absolute Gasteiger partial charge is 0.386 e. The lowest BCUT2D eigenvalue weighted by Crippen LogP contribution is -2.43. The molecule has 0 aromatic carbocycles. The van der Waals surface area contributed by atoms with Crippen LogP contribution in [0.15, 0.2) is 12.2 Å². The lowest BCUT2D eigenvalue weighted by Gasteiger charge is -2.28. The molecule has 4 heteroatoms. The van der Waals surface area contributed by atoms with Gasteiger partial charge in [0.2, 0.25) is 0 Å². The van der Waals surface area contributed by atoms with E-state index in [-0.39, 0.29) is 5.92 Å². The molecule has 4 atom stereocenters. The van der Waals surface area contributed by atoms with Crippen molar-refractivity contribution in [2.75, 3.05) is 0 Å². The highest BCUT2D eigenvalue weighted by Gasteiger charge is 2.38. The number of aliphatic hydroxyl groups excluding tert-OH is 2. The molecule has 1 unspecified atom stereocenters. The van der Waals surface area contributed by atoms with Crippen LogP contribution in [0.3, 0.4) is 0 Å². The predicted molar refractivity (Wildman–Crippen MR) is 49.5 cm³/mol. The van der Waals surface area contributed by atoms with Crippen LogP contribution in [-0.4, -0.2) is 34.0 Å². The van der Waals surface area contributed by atoms with E-state index in [0.717, 1.165) is 0 Å². The van der Waals surface area contributed by atoms with Crippen molar-refractivity contribution in [1.29, 1.82) is 0 Å². The van der Waals surface area contributed by atoms with Gasteiger partial charge in [-0.3, -0.25) is 9.59 Å². The van der Waals surface area contributed by atoms with Crippen LogP contribution in [-0.2, 0) is 9.59 Å². The summed E-state index contributed by atoms with van der Waals surface area (Å²) in [6, 6.07) is 0. The second-order valence-electron chi connectivity index (χ2n) is 3.67. The lowest BCUT2D eigenvalue weighted by atomic mass is 9.78. The van der Waals surface area contributed by atoms with E-state index in [1.807, 2.05) is 0 Å². The average Bonchev–Trinajstić information content (AvgIpc) is 2.12. The fourth-order valence-corrected chi connectivity index (χ4v) is 1.62. The summed E-state index contributed by atoms with van der Waals surface area (Å²) in [6.45, 7) is 3.07. The van der Waals surface area contributed by atoms with Gasteiger partial charge in [0.25, 0.3) is 0 Å². The maximum atomic E-state index is 11.5. The molecule has 0 heterocycles. The summed E-state index contributed by atoms with van der Waals surface area (Å²) in [5.74, 6) is -1.98. The molecule has 0 saturated heterocycles. The van der Waals surface area contributed by atoms with Crippen molar-refractivity contribution in [2.45, 2.75) is 26.1 Å². The zero-order chi connectivity index (χ0) is 10.9. The van der Waals surface area contributed by atoms with Gasteiger partial charge in [0.15, 0.2) is 11.6 Å². The fraction of sp³-hybridized carbons (Fsp3) is 0.600. The summed E-state index contributed by atoms with van der Waals surface area (Å²) in [7, 11) is 0. The first-order valence-corrected chi connectivity index (χ1v) is 4.57. The number of carbonyl (C=O) groups is 2. The molecule has 1 rings (SSSR count). The van der Waals surface area contributed by atoms with Crippen LogP contribution in [0.4, 0.5) is 0 Å². The van der Waals surface area contributed by atoms with Crippen molar-refractivity contribution in [3.63, 3.8) is 0 Å². The van der Waals surface area contributed by atoms with E-state index < -0.39 is 29.7 Å². The van der Waals surface area contributed by atoms with Crippen LogP contribution in [0.25, 0.3) is 0 Å². The molecular formula is C10H14O4. The van der Waals surface area contributed by atoms with E-state index in [2.05, 4.69) is 0 Å². The van der Waals surface area contributed by atoms with Gasteiger partial charge in [0.1, 0.15) is 12.2 Å². The first kappa shape index (κ1) is 11.1. The molecule has 1 aliphatic carbocycles. The Morgan fingerprint density at radius 2 is 2.14 bits per heavy atom. The Bertz CT molecular complexity index is 280. The highest BCUT2D eigenvalue weighted by molar-refractivity contribution is 6.00. The van der Waals surface area contributed by atoms with Gasteiger partial charge in [-0.05, 0) is 18.9 Å². The van der Waals surface area contributed by atoms with Crippen molar-refractivity contribution in [1.82, 2.24) is 0 Å². The summed E-state index contributed by atoms with van der Waals surface area (Å²) >= 11 is 0. The number of carbonyl (C=O) groups excluding carboxylic acids is 2. The molecule has 78 valence electrons. The molecule has 4 nitrogen and oxygen atoms in total. The van der Waals surface area contributed by atoms with Crippen molar-refractivity contribution < 1.29 is 19.8 Å². The average molecular weight is 198 g/mol. The molecule has 0 spiro atoms. The van der Waals surface area contributed by atoms with Gasteiger partial charge in [-0.1, -0.05) is 13.0 Å². The minimum Gasteiger partial charge on any atom is -0.386 e. The van der Waals surface area contributed by atoms with Gasteiger partial charge in [-0.2, -0.15) is 0 Å². The number of allylic oxidation sites excluding steroid dienone is 1. The standard InChI is InChI=1S/C10H14O4/c1-5-3-4-7(12)10(14)8(5)9(13)6(2)11/h3-6,8,10-11,14H,1-2H3/t5-,6?,8-,10+/m1/s1. The first-order valence-electron chi connectivity index (χ1n) is 4.57. The molecule has 2 N–H and O–H groups in total. The van der Waals surface area contributed by atoms with Crippen LogP contribution in [0.5, 0.6) is 0 Å². The minimum atomic E-state index is -1.31. The van der Waals surface area contributed by atoms with Gasteiger partial charge >= 0.3 is 0 Å². The Balaban J connectivity index is 2.91. The van der Waals surface area contributed by atoms with Crippen LogP contribution in [0, 0.1) is 11.8 Å². The number of aliphatic hydroxyl groups is 2. The van der Waals surface area contributed by atoms with E-state index in [1.54, 1.807) is 13.0 Å². The van der Waals surface area contributed by atoms with Crippen molar-refractivity contribution >= 4 is 11.6 Å². The second kappa shape index (κ2) is 4.02. The highest BCUT2D eigenvalue weighted by Crippen LogP contribution is 2.24. The third kappa shape index (κ3) is 1.91. The van der Waals surface area contributed by atoms with Crippen molar-refractivity contribution in [2.24, 2.45) is 11.8 Å². The molecule has 0 fully saturated rings. The summed E-state index contributed by atoms with van der Waals surface area (Å²) in [6.07, 6.45) is 0.412. The first-order chi connectivity index (χ1) is 6.45. The summed E-state index contributed by atoms with van der Waals surface area (Å²) in [5.41, 5.74) is 0. The Morgan fingerprint density at radius 1 is 1.57 bits per heavy atom. The monoisotopic (exact) mass is 198 g/mol. The third-order valence-corrected chi connectivity index (χ3v) is 2.50. The van der Waals surface area contributed by atoms with Crippen LogP contribution < -0.4 is 0 Å². The normalized spacial score (nSPS) is 34.3. The number of hydrogen-bond acceptors (Lipinski definition) is 4. The SMILES string of the molecule is CC(O)C(=O)[C@H]1[C@H](C)C=CC(=O)[C@@H]1O. The van der Waals surface area contributed by atoms with Crippen LogP contribution in [0.1, 0.15) is 13.8 Å². The van der Waals surface area contributed by atoms with E-state index in [9.17, 15) is 14.7 Å². The molecule has 0 aliphatic heterocycles. The molecule has 0 amide bonds. The summed E-state index contributed by atoms with van der Waals surface area (Å²) in [5, 5.41) is 18.6. The lowest BCUT2D eigenvalue weighted by molar-refractivity contribution is -0.142. The maximum absolute atomic E-state index is 11.5. The third-order valence-electron chi connectivity index (χ3n) is 2.50. The van der Waals surface area contributed by atoms with Gasteiger partial charge in [0.05, 0.1) is 5.92 Å². The van der Waals surface area contributed by atoms with Gasteiger partial charge in [0, 0.05) is 0 Å². The Morgan fingerprint density at radius 3 is 2.64 bits per heavy atom. The molecule has 14 heavy (non-hydrogen) atoms. The number of hydrogen-bond donors (Lipinski definition) is 2. The maximum Gasteiger partial charge on any atom is 0.184 e. The Kier molecular flexibility index (Phi) is 3.18. The number of ketones is 2. The zero-order valence-electron chi connectivity index (χ0n) is 8.18. The minimum absolute atomic E-state index is 0.218. The molecule has 0 bridgehead atoms. The number of rotatable bonds is 2. The summed E-state index contributed by atoms with van der Waals surface area (Å²) in [4.78, 5) is 22.6. The summed E-state index contributed by atoms with van der Waals surface area (Å²) < 4.78 is 0. The van der Waals surface area contributed by atoms with E-state index in [0.29, 0.717) is 0 Å². The van der Waals surface area contributed by atoms with Gasteiger partial charge in [-0.15, -0.1) is 0 Å². The van der Waals surface area contributed by atoms with Gasteiger partial charge < -0.3 is 10.2 Å². The van der Waals surface area contributed by atoms with E-state index in [1.165, 1.54) is 13.0 Å². The van der Waals surface area contributed by atoms with Crippen molar-refractivity contribution in [3.05, 3.63) is 12.2 Å². The molecule has 0 aromatic rings. The molecule has 0 saturated carbocycles. The smallest absolute Gasteiger partial charge is 0.184 e. The van der Waals surface area contributed by atoms with E-state index in [4.69, 9.17) is 5.11 Å². The highest BCUT2D eigenvalue weighted by atomic mass is 16.3. The van der Waals surface area contributed by atoms with Crippen molar-refractivity contribution in [3.8, 4) is 0 Å². The Labute approximate surface area is 82.2 Å². The molecule has 1 aliphatic rings. The van der Waals surface area contributed by atoms with Crippen LogP contribution >= 0.6 is 0 Å².